The van der Waals surface area contributed by atoms with E-state index in [9.17, 15) is 14.4 Å². The fraction of sp³-hybridized carbons (Fsp3) is 0.769. The molecule has 0 fully saturated rings. The van der Waals surface area contributed by atoms with Gasteiger partial charge in [0.25, 0.3) is 11.8 Å². The largest absolute Gasteiger partial charge is 0.359 e. The minimum Gasteiger partial charge on any atom is -0.359 e. The average Bonchev–Trinajstić information content (AvgIpc) is 2.46. The van der Waals surface area contributed by atoms with Gasteiger partial charge in [0.15, 0.2) is 0 Å². The highest BCUT2D eigenvalue weighted by atomic mass is 35.5. The van der Waals surface area contributed by atoms with E-state index < -0.39 is 11.9 Å². The second-order valence-electron chi connectivity index (χ2n) is 5.05. The maximum absolute atomic E-state index is 12.1. The Labute approximate surface area is 130 Å². The van der Waals surface area contributed by atoms with E-state index in [1.165, 1.54) is 7.05 Å². The van der Waals surface area contributed by atoms with Crippen LogP contribution in [0.25, 0.3) is 0 Å². The third-order valence-corrected chi connectivity index (χ3v) is 3.10. The molecule has 1 atom stereocenters. The van der Waals surface area contributed by atoms with Crippen LogP contribution in [-0.2, 0) is 14.4 Å². The number of likely N-dealkylation sites (N-methyl/N-ethyl adjacent to an activating group) is 1. The Bertz CT molecular complexity index is 363. The van der Waals surface area contributed by atoms with Crippen molar-refractivity contribution < 1.29 is 14.4 Å². The van der Waals surface area contributed by atoms with Crippen molar-refractivity contribution in [3.8, 4) is 0 Å². The molecule has 122 valence electrons. The lowest BCUT2D eigenvalue weighted by Gasteiger charge is -2.25. The van der Waals surface area contributed by atoms with Gasteiger partial charge in [0.05, 0.1) is 12.6 Å². The number of hydrazine groups is 1. The Morgan fingerprint density at radius 3 is 2.24 bits per heavy atom. The molecule has 0 aromatic carbocycles. The lowest BCUT2D eigenvalue weighted by molar-refractivity contribution is -0.141. The van der Waals surface area contributed by atoms with Crippen molar-refractivity contribution in [2.24, 2.45) is 5.92 Å². The van der Waals surface area contributed by atoms with Crippen LogP contribution >= 0.6 is 11.6 Å². The zero-order valence-corrected chi connectivity index (χ0v) is 13.8. The number of carbonyl (C=O) groups excluding carboxylic acids is 3. The number of halogens is 1. The number of amides is 3. The van der Waals surface area contributed by atoms with Crippen molar-refractivity contribution in [2.45, 2.75) is 32.7 Å². The molecule has 0 heterocycles. The molecule has 0 aromatic rings. The summed E-state index contributed by atoms with van der Waals surface area (Å²) < 4.78 is 0. The normalized spacial score (nSPS) is 11.9. The van der Waals surface area contributed by atoms with Gasteiger partial charge >= 0.3 is 0 Å². The monoisotopic (exact) mass is 320 g/mol. The molecule has 0 saturated heterocycles. The standard InChI is InChI=1S/C13H25ClN4O3/c1-9(2)7-10(15-3)13(21)17-18(12(20)8-14)6-5-11(19)16-4/h9-10,15H,5-8H2,1-4H3,(H,16,19)(H,17,21). The number of nitrogens with zero attached hydrogens (tertiary/aromatic N) is 1. The van der Waals surface area contributed by atoms with E-state index in [0.29, 0.717) is 12.3 Å². The zero-order chi connectivity index (χ0) is 16.4. The highest BCUT2D eigenvalue weighted by Crippen LogP contribution is 2.05. The smallest absolute Gasteiger partial charge is 0.255 e. The van der Waals surface area contributed by atoms with Crippen LogP contribution in [0.5, 0.6) is 0 Å². The van der Waals surface area contributed by atoms with Gasteiger partial charge in [-0.3, -0.25) is 24.8 Å². The minimum absolute atomic E-state index is 0.0785. The van der Waals surface area contributed by atoms with Crippen molar-refractivity contribution in [1.29, 1.82) is 0 Å². The highest BCUT2D eigenvalue weighted by molar-refractivity contribution is 6.27. The molecule has 0 saturated carbocycles. The summed E-state index contributed by atoms with van der Waals surface area (Å²) in [5.41, 5.74) is 2.52. The molecular weight excluding hydrogens is 296 g/mol. The van der Waals surface area contributed by atoms with E-state index in [2.05, 4.69) is 16.1 Å². The van der Waals surface area contributed by atoms with Gasteiger partial charge < -0.3 is 10.6 Å². The second-order valence-corrected chi connectivity index (χ2v) is 5.32. The maximum atomic E-state index is 12.1. The summed E-state index contributed by atoms with van der Waals surface area (Å²) in [5.74, 6) is -0.919. The van der Waals surface area contributed by atoms with E-state index >= 15 is 0 Å². The number of carbonyl (C=O) groups is 3. The Balaban J connectivity index is 4.67. The first kappa shape index (κ1) is 19.7. The molecule has 1 unspecified atom stereocenters. The zero-order valence-electron chi connectivity index (χ0n) is 13.0. The Morgan fingerprint density at radius 2 is 1.81 bits per heavy atom. The third kappa shape index (κ3) is 7.87. The van der Waals surface area contributed by atoms with Crippen LogP contribution in [-0.4, -0.2) is 55.3 Å². The third-order valence-electron chi connectivity index (χ3n) is 2.87. The van der Waals surface area contributed by atoms with E-state index in [-0.39, 0.29) is 30.7 Å². The van der Waals surface area contributed by atoms with Gasteiger partial charge in [-0.15, -0.1) is 11.6 Å². The lowest BCUT2D eigenvalue weighted by Crippen LogP contribution is -2.54. The first-order chi connectivity index (χ1) is 9.85. The highest BCUT2D eigenvalue weighted by Gasteiger charge is 2.22. The number of hydrogen-bond acceptors (Lipinski definition) is 4. The summed E-state index contributed by atoms with van der Waals surface area (Å²) in [5, 5.41) is 6.46. The summed E-state index contributed by atoms with van der Waals surface area (Å²) in [7, 11) is 3.19. The second kappa shape index (κ2) is 10.4. The van der Waals surface area contributed by atoms with Crippen molar-refractivity contribution in [2.75, 3.05) is 26.5 Å². The van der Waals surface area contributed by atoms with Crippen molar-refractivity contribution in [3.05, 3.63) is 0 Å². The molecule has 3 amide bonds. The summed E-state index contributed by atoms with van der Waals surface area (Å²) in [6, 6.07) is -0.407. The summed E-state index contributed by atoms with van der Waals surface area (Å²) in [4.78, 5) is 35.1. The molecule has 0 bridgehead atoms. The summed E-state index contributed by atoms with van der Waals surface area (Å²) in [6.45, 7) is 4.09. The minimum atomic E-state index is -0.451. The molecule has 0 spiro atoms. The van der Waals surface area contributed by atoms with Gasteiger partial charge in [0.2, 0.25) is 5.91 Å². The molecule has 7 nitrogen and oxygen atoms in total. The van der Waals surface area contributed by atoms with Crippen LogP contribution < -0.4 is 16.1 Å². The van der Waals surface area contributed by atoms with Crippen LogP contribution in [0.2, 0.25) is 0 Å². The first-order valence-corrected chi connectivity index (χ1v) is 7.43. The predicted molar refractivity (Wildman–Crippen MR) is 81.6 cm³/mol. The quantitative estimate of drug-likeness (QED) is 0.429. The Hall–Kier alpha value is -1.34. The number of hydrogen-bond donors (Lipinski definition) is 3. The predicted octanol–water partition coefficient (Wildman–Crippen LogP) is -0.145. The van der Waals surface area contributed by atoms with E-state index in [1.54, 1.807) is 7.05 Å². The fourth-order valence-electron chi connectivity index (χ4n) is 1.69. The van der Waals surface area contributed by atoms with Crippen LogP contribution in [0.4, 0.5) is 0 Å². The van der Waals surface area contributed by atoms with E-state index in [1.807, 2.05) is 13.8 Å². The first-order valence-electron chi connectivity index (χ1n) is 6.90. The van der Waals surface area contributed by atoms with Gasteiger partial charge in [-0.25, -0.2) is 0 Å². The Kier molecular flexibility index (Phi) is 9.73. The van der Waals surface area contributed by atoms with Gasteiger partial charge in [-0.05, 0) is 19.4 Å². The SMILES string of the molecule is CNC(=O)CCN(NC(=O)C(CC(C)C)NC)C(=O)CCl. The molecular formula is C13H25ClN4O3. The molecule has 8 heteroatoms. The molecule has 21 heavy (non-hydrogen) atoms. The van der Waals surface area contributed by atoms with Crippen molar-refractivity contribution in [3.63, 3.8) is 0 Å². The topological polar surface area (TPSA) is 90.5 Å². The van der Waals surface area contributed by atoms with Crippen molar-refractivity contribution in [1.82, 2.24) is 21.1 Å². The van der Waals surface area contributed by atoms with Crippen LogP contribution in [0.15, 0.2) is 0 Å². The van der Waals surface area contributed by atoms with Crippen LogP contribution in [0.1, 0.15) is 26.7 Å². The number of rotatable bonds is 8. The molecule has 0 aliphatic heterocycles. The molecule has 3 N–H and O–H groups in total. The van der Waals surface area contributed by atoms with Crippen LogP contribution in [0.3, 0.4) is 0 Å². The molecule has 0 aromatic heterocycles. The lowest BCUT2D eigenvalue weighted by atomic mass is 10.0. The number of nitrogens with one attached hydrogen (secondary N) is 3. The molecule has 0 rings (SSSR count). The van der Waals surface area contributed by atoms with E-state index in [4.69, 9.17) is 11.6 Å². The van der Waals surface area contributed by atoms with Gasteiger partial charge in [-0.1, -0.05) is 13.8 Å². The fourth-order valence-corrected chi connectivity index (χ4v) is 1.84. The van der Waals surface area contributed by atoms with Gasteiger partial charge in [0.1, 0.15) is 5.88 Å². The summed E-state index contributed by atoms with van der Waals surface area (Å²) >= 11 is 5.52. The van der Waals surface area contributed by atoms with E-state index in [0.717, 1.165) is 5.01 Å². The van der Waals surface area contributed by atoms with Gasteiger partial charge in [0, 0.05) is 13.5 Å². The maximum Gasteiger partial charge on any atom is 0.255 e. The molecule has 0 aliphatic carbocycles. The molecule has 0 radical (unpaired) electrons. The van der Waals surface area contributed by atoms with Crippen molar-refractivity contribution >= 4 is 29.3 Å². The number of alkyl halides is 1. The average molecular weight is 321 g/mol. The van der Waals surface area contributed by atoms with Crippen LogP contribution in [0, 0.1) is 5.92 Å². The summed E-state index contributed by atoms with van der Waals surface area (Å²) in [6.07, 6.45) is 0.731. The molecule has 0 aliphatic rings. The Morgan fingerprint density at radius 1 is 1.19 bits per heavy atom. The van der Waals surface area contributed by atoms with Gasteiger partial charge in [-0.2, -0.15) is 0 Å².